The molecule has 4 rings (SSSR count). The molecule has 2 N–H and O–H groups in total. The molecular formula is C21H24N6O3. The Kier molecular flexibility index (Phi) is 5.60. The van der Waals surface area contributed by atoms with Gasteiger partial charge in [0.2, 0.25) is 5.91 Å². The third-order valence-electron chi connectivity index (χ3n) is 5.43. The summed E-state index contributed by atoms with van der Waals surface area (Å²) in [5, 5.41) is 14.0. The van der Waals surface area contributed by atoms with E-state index in [1.165, 1.54) is 12.8 Å². The average molecular weight is 408 g/mol. The molecule has 9 heteroatoms. The highest BCUT2D eigenvalue weighted by Crippen LogP contribution is 2.24. The second-order valence-corrected chi connectivity index (χ2v) is 7.41. The number of carbonyl (C=O) groups is 3. The van der Waals surface area contributed by atoms with Crippen LogP contribution in [0.3, 0.4) is 0 Å². The van der Waals surface area contributed by atoms with Gasteiger partial charge in [-0.2, -0.15) is 5.10 Å². The lowest BCUT2D eigenvalue weighted by Crippen LogP contribution is -2.48. The van der Waals surface area contributed by atoms with Crippen molar-refractivity contribution in [3.8, 4) is 0 Å². The summed E-state index contributed by atoms with van der Waals surface area (Å²) in [5.41, 5.74) is 1.70. The number of aromatic nitrogens is 2. The Labute approximate surface area is 174 Å². The van der Waals surface area contributed by atoms with Crippen LogP contribution < -0.4 is 15.5 Å². The summed E-state index contributed by atoms with van der Waals surface area (Å²) in [6.07, 6.45) is 4.12. The monoisotopic (exact) mass is 408 g/mol. The number of rotatable bonds is 7. The Balaban J connectivity index is 1.28. The fraction of sp³-hybridized carbons (Fsp3) is 0.381. The SMILES string of the molecule is CC(C(=O)NCCNc1cc(N2CCCC2)cnn1)N1C(=O)c2ccccc2C1=O. The zero-order valence-corrected chi connectivity index (χ0v) is 16.8. The molecule has 1 atom stereocenters. The van der Waals surface area contributed by atoms with E-state index in [0.29, 0.717) is 30.0 Å². The number of hydrogen-bond donors (Lipinski definition) is 2. The van der Waals surface area contributed by atoms with Crippen molar-refractivity contribution in [1.29, 1.82) is 0 Å². The highest BCUT2D eigenvalue weighted by molar-refractivity contribution is 6.22. The Bertz CT molecular complexity index is 938. The summed E-state index contributed by atoms with van der Waals surface area (Å²) in [5.74, 6) is -0.624. The van der Waals surface area contributed by atoms with Gasteiger partial charge in [0.1, 0.15) is 6.04 Å². The van der Waals surface area contributed by atoms with Crippen LogP contribution in [0.25, 0.3) is 0 Å². The van der Waals surface area contributed by atoms with Gasteiger partial charge in [-0.15, -0.1) is 5.10 Å². The van der Waals surface area contributed by atoms with Gasteiger partial charge < -0.3 is 15.5 Å². The first-order chi connectivity index (χ1) is 14.6. The summed E-state index contributed by atoms with van der Waals surface area (Å²) in [6, 6.07) is 7.65. The molecule has 156 valence electrons. The van der Waals surface area contributed by atoms with E-state index in [0.717, 1.165) is 23.7 Å². The van der Waals surface area contributed by atoms with Gasteiger partial charge in [0.25, 0.3) is 11.8 Å². The van der Waals surface area contributed by atoms with Crippen LogP contribution >= 0.6 is 0 Å². The Morgan fingerprint density at radius 1 is 1.10 bits per heavy atom. The molecule has 9 nitrogen and oxygen atoms in total. The van der Waals surface area contributed by atoms with E-state index < -0.39 is 17.9 Å². The van der Waals surface area contributed by atoms with Crippen molar-refractivity contribution >= 4 is 29.2 Å². The minimum absolute atomic E-state index is 0.321. The fourth-order valence-corrected chi connectivity index (χ4v) is 3.79. The van der Waals surface area contributed by atoms with Crippen LogP contribution in [0, 0.1) is 0 Å². The van der Waals surface area contributed by atoms with Crippen LogP contribution in [-0.2, 0) is 4.79 Å². The van der Waals surface area contributed by atoms with Crippen molar-refractivity contribution < 1.29 is 14.4 Å². The predicted octanol–water partition coefficient (Wildman–Crippen LogP) is 1.29. The lowest BCUT2D eigenvalue weighted by Gasteiger charge is -2.21. The van der Waals surface area contributed by atoms with Crippen LogP contribution in [0.5, 0.6) is 0 Å². The first kappa shape index (κ1) is 19.8. The molecule has 30 heavy (non-hydrogen) atoms. The van der Waals surface area contributed by atoms with E-state index in [1.807, 2.05) is 6.07 Å². The molecule has 1 saturated heterocycles. The minimum atomic E-state index is -0.893. The van der Waals surface area contributed by atoms with Crippen molar-refractivity contribution in [2.45, 2.75) is 25.8 Å². The maximum Gasteiger partial charge on any atom is 0.262 e. The Morgan fingerprint density at radius 3 is 2.43 bits per heavy atom. The standard InChI is InChI=1S/C21H24N6O3/c1-14(27-20(29)16-6-2-3-7-17(16)21(27)30)19(28)23-9-8-22-18-12-15(13-24-25-18)26-10-4-5-11-26/h2-3,6-7,12-14H,4-5,8-11H2,1H3,(H,22,25)(H,23,28). The van der Waals surface area contributed by atoms with E-state index in [9.17, 15) is 14.4 Å². The topological polar surface area (TPSA) is 108 Å². The summed E-state index contributed by atoms with van der Waals surface area (Å²) in [6.45, 7) is 4.36. The molecule has 0 bridgehead atoms. The summed E-state index contributed by atoms with van der Waals surface area (Å²) in [7, 11) is 0. The predicted molar refractivity (Wildman–Crippen MR) is 111 cm³/mol. The summed E-state index contributed by atoms with van der Waals surface area (Å²) < 4.78 is 0. The molecule has 1 fully saturated rings. The number of nitrogens with one attached hydrogen (secondary N) is 2. The number of amides is 3. The van der Waals surface area contributed by atoms with Crippen LogP contribution in [0.4, 0.5) is 11.5 Å². The lowest BCUT2D eigenvalue weighted by molar-refractivity contribution is -0.124. The number of hydrogen-bond acceptors (Lipinski definition) is 7. The maximum absolute atomic E-state index is 12.5. The molecule has 0 spiro atoms. The van der Waals surface area contributed by atoms with Gasteiger partial charge in [0.15, 0.2) is 5.82 Å². The molecule has 1 unspecified atom stereocenters. The number of carbonyl (C=O) groups excluding carboxylic acids is 3. The van der Waals surface area contributed by atoms with E-state index in [4.69, 9.17) is 0 Å². The van der Waals surface area contributed by atoms with Crippen molar-refractivity contribution in [3.63, 3.8) is 0 Å². The molecule has 0 radical (unpaired) electrons. The smallest absolute Gasteiger partial charge is 0.262 e. The van der Waals surface area contributed by atoms with E-state index >= 15 is 0 Å². The van der Waals surface area contributed by atoms with E-state index in [-0.39, 0.29) is 5.91 Å². The van der Waals surface area contributed by atoms with Crippen molar-refractivity contribution in [1.82, 2.24) is 20.4 Å². The van der Waals surface area contributed by atoms with Crippen LogP contribution in [0.15, 0.2) is 36.5 Å². The quantitative estimate of drug-likeness (QED) is 0.525. The van der Waals surface area contributed by atoms with Gasteiger partial charge in [0, 0.05) is 32.2 Å². The third kappa shape index (κ3) is 3.83. The number of fused-ring (bicyclic) bond motifs is 1. The number of nitrogens with zero attached hydrogens (tertiary/aromatic N) is 4. The molecule has 2 aliphatic heterocycles. The third-order valence-corrected chi connectivity index (χ3v) is 5.43. The van der Waals surface area contributed by atoms with Crippen molar-refractivity contribution in [3.05, 3.63) is 47.7 Å². The molecule has 1 aromatic heterocycles. The van der Waals surface area contributed by atoms with Gasteiger partial charge in [-0.25, -0.2) is 0 Å². The molecule has 0 aliphatic carbocycles. The second-order valence-electron chi connectivity index (χ2n) is 7.41. The first-order valence-corrected chi connectivity index (χ1v) is 10.1. The molecule has 2 aliphatic rings. The van der Waals surface area contributed by atoms with Gasteiger partial charge in [-0.3, -0.25) is 19.3 Å². The van der Waals surface area contributed by atoms with E-state index in [1.54, 1.807) is 37.4 Å². The lowest BCUT2D eigenvalue weighted by atomic mass is 10.1. The minimum Gasteiger partial charge on any atom is -0.370 e. The van der Waals surface area contributed by atoms with Crippen LogP contribution in [0.2, 0.25) is 0 Å². The Morgan fingerprint density at radius 2 is 1.77 bits per heavy atom. The highest BCUT2D eigenvalue weighted by atomic mass is 16.2. The van der Waals surface area contributed by atoms with Gasteiger partial charge in [-0.05, 0) is 31.9 Å². The Hall–Kier alpha value is -3.49. The number of anilines is 2. The molecular weight excluding hydrogens is 384 g/mol. The zero-order chi connectivity index (χ0) is 21.1. The maximum atomic E-state index is 12.5. The largest absolute Gasteiger partial charge is 0.370 e. The summed E-state index contributed by atoms with van der Waals surface area (Å²) >= 11 is 0. The zero-order valence-electron chi connectivity index (χ0n) is 16.8. The summed E-state index contributed by atoms with van der Waals surface area (Å²) in [4.78, 5) is 40.8. The molecule has 0 saturated carbocycles. The average Bonchev–Trinajstić information content (AvgIpc) is 3.39. The number of imide groups is 1. The fourth-order valence-electron chi connectivity index (χ4n) is 3.79. The molecule has 3 heterocycles. The van der Waals surface area contributed by atoms with Crippen LogP contribution in [-0.4, -0.2) is 65.0 Å². The van der Waals surface area contributed by atoms with Crippen molar-refractivity contribution in [2.75, 3.05) is 36.4 Å². The van der Waals surface area contributed by atoms with Crippen LogP contribution in [0.1, 0.15) is 40.5 Å². The molecule has 2 aromatic rings. The van der Waals surface area contributed by atoms with Gasteiger partial charge in [-0.1, -0.05) is 12.1 Å². The van der Waals surface area contributed by atoms with Gasteiger partial charge >= 0.3 is 0 Å². The normalized spacial score (nSPS) is 16.6. The highest BCUT2D eigenvalue weighted by Gasteiger charge is 2.40. The molecule has 3 amide bonds. The first-order valence-electron chi connectivity index (χ1n) is 10.1. The number of benzene rings is 1. The second kappa shape index (κ2) is 8.48. The molecule has 1 aromatic carbocycles. The van der Waals surface area contributed by atoms with Crippen molar-refractivity contribution in [2.24, 2.45) is 0 Å². The van der Waals surface area contributed by atoms with E-state index in [2.05, 4.69) is 25.7 Å². The van der Waals surface area contributed by atoms with Gasteiger partial charge in [0.05, 0.1) is 23.0 Å².